The van der Waals surface area contributed by atoms with Gasteiger partial charge in [-0.25, -0.2) is 18.1 Å². The van der Waals surface area contributed by atoms with Gasteiger partial charge >= 0.3 is 0 Å². The number of sulfonamides is 1. The first kappa shape index (κ1) is 16.4. The number of fused-ring (bicyclic) bond motifs is 1. The maximum absolute atomic E-state index is 12.0. The van der Waals surface area contributed by atoms with Crippen LogP contribution in [0.2, 0.25) is 0 Å². The molecule has 0 radical (unpaired) electrons. The van der Waals surface area contributed by atoms with Gasteiger partial charge in [0.1, 0.15) is 5.52 Å². The lowest BCUT2D eigenvalue weighted by Crippen LogP contribution is -2.30. The Balaban J connectivity index is 1.45. The maximum Gasteiger partial charge on any atom is 0.211 e. The molecule has 1 aliphatic heterocycles. The van der Waals surface area contributed by atoms with Gasteiger partial charge < -0.3 is 9.15 Å². The van der Waals surface area contributed by atoms with E-state index in [2.05, 4.69) is 9.71 Å². The molecule has 7 heteroatoms. The molecule has 126 valence electrons. The first-order valence-electron chi connectivity index (χ1n) is 8.02. The molecule has 1 fully saturated rings. The minimum absolute atomic E-state index is 0.172. The highest BCUT2D eigenvalue weighted by atomic mass is 32.2. The van der Waals surface area contributed by atoms with Crippen LogP contribution in [0, 0.1) is 5.92 Å². The Hall–Kier alpha value is -1.44. The van der Waals surface area contributed by atoms with E-state index in [1.807, 2.05) is 24.3 Å². The zero-order valence-corrected chi connectivity index (χ0v) is 13.8. The molecule has 2 heterocycles. The summed E-state index contributed by atoms with van der Waals surface area (Å²) in [4.78, 5) is 4.34. The number of hydrogen-bond donors (Lipinski definition) is 1. The van der Waals surface area contributed by atoms with Gasteiger partial charge in [0.25, 0.3) is 0 Å². The molecule has 2 aromatic rings. The molecule has 1 aliphatic rings. The Labute approximate surface area is 136 Å². The fourth-order valence-electron chi connectivity index (χ4n) is 2.77. The molecule has 3 rings (SSSR count). The zero-order chi connectivity index (χ0) is 16.1. The van der Waals surface area contributed by atoms with Crippen LogP contribution in [0.15, 0.2) is 28.7 Å². The summed E-state index contributed by atoms with van der Waals surface area (Å²) in [6, 6.07) is 7.51. The number of rotatable bonds is 7. The third kappa shape index (κ3) is 4.76. The second kappa shape index (κ2) is 7.42. The smallest absolute Gasteiger partial charge is 0.211 e. The fraction of sp³-hybridized carbons (Fsp3) is 0.562. The average molecular weight is 338 g/mol. The summed E-state index contributed by atoms with van der Waals surface area (Å²) in [7, 11) is -3.24. The summed E-state index contributed by atoms with van der Waals surface area (Å²) < 4.78 is 37.6. The number of aromatic nitrogens is 1. The van der Waals surface area contributed by atoms with Crippen molar-refractivity contribution in [3.8, 4) is 0 Å². The molecule has 0 unspecified atom stereocenters. The van der Waals surface area contributed by atoms with Crippen molar-refractivity contribution in [2.24, 2.45) is 5.92 Å². The highest BCUT2D eigenvalue weighted by Crippen LogP contribution is 2.19. The van der Waals surface area contributed by atoms with E-state index in [1.54, 1.807) is 0 Å². The van der Waals surface area contributed by atoms with Crippen molar-refractivity contribution in [1.82, 2.24) is 9.71 Å². The van der Waals surface area contributed by atoms with Gasteiger partial charge in [0.15, 0.2) is 11.5 Å². The predicted molar refractivity (Wildman–Crippen MR) is 87.7 cm³/mol. The molecular formula is C16H22N2O4S. The number of oxazole rings is 1. The summed E-state index contributed by atoms with van der Waals surface area (Å²) >= 11 is 0. The molecule has 0 aliphatic carbocycles. The Morgan fingerprint density at radius 1 is 1.22 bits per heavy atom. The van der Waals surface area contributed by atoms with Crippen LogP contribution in [-0.4, -0.2) is 38.9 Å². The van der Waals surface area contributed by atoms with Crippen LogP contribution >= 0.6 is 0 Å². The fourth-order valence-corrected chi connectivity index (χ4v) is 3.97. The van der Waals surface area contributed by atoms with Gasteiger partial charge in [-0.15, -0.1) is 0 Å². The topological polar surface area (TPSA) is 81.4 Å². The molecule has 1 saturated heterocycles. The van der Waals surface area contributed by atoms with Gasteiger partial charge in [-0.2, -0.15) is 0 Å². The number of nitrogens with one attached hydrogen (secondary N) is 1. The first-order chi connectivity index (χ1) is 11.1. The molecule has 23 heavy (non-hydrogen) atoms. The van der Waals surface area contributed by atoms with Crippen molar-refractivity contribution < 1.29 is 17.6 Å². The van der Waals surface area contributed by atoms with Gasteiger partial charge in [-0.3, -0.25) is 0 Å². The lowest BCUT2D eigenvalue weighted by Gasteiger charge is -2.21. The average Bonchev–Trinajstić information content (AvgIpc) is 2.96. The SMILES string of the molecule is O=S(=O)(CCC1CCOCC1)NCCc1nc2ccccc2o1. The van der Waals surface area contributed by atoms with Crippen molar-refractivity contribution in [1.29, 1.82) is 0 Å². The highest BCUT2D eigenvalue weighted by Gasteiger charge is 2.18. The summed E-state index contributed by atoms with van der Waals surface area (Å²) in [5.41, 5.74) is 1.52. The Bertz CT molecular complexity index is 702. The molecule has 0 bridgehead atoms. The molecule has 1 aromatic carbocycles. The second-order valence-corrected chi connectivity index (χ2v) is 7.81. The molecule has 0 amide bonds. The third-order valence-electron chi connectivity index (χ3n) is 4.13. The van der Waals surface area contributed by atoms with Gasteiger partial charge in [-0.05, 0) is 37.3 Å². The van der Waals surface area contributed by atoms with Crippen LogP contribution in [0.3, 0.4) is 0 Å². The Kier molecular flexibility index (Phi) is 5.30. The van der Waals surface area contributed by atoms with Crippen LogP contribution in [-0.2, 0) is 21.2 Å². The van der Waals surface area contributed by atoms with E-state index in [1.165, 1.54) is 0 Å². The molecule has 1 N–H and O–H groups in total. The lowest BCUT2D eigenvalue weighted by atomic mass is 9.98. The van der Waals surface area contributed by atoms with Gasteiger partial charge in [0, 0.05) is 26.2 Å². The molecule has 6 nitrogen and oxygen atoms in total. The van der Waals surface area contributed by atoms with Crippen LogP contribution in [0.5, 0.6) is 0 Å². The summed E-state index contributed by atoms with van der Waals surface area (Å²) in [5, 5.41) is 0. The van der Waals surface area contributed by atoms with E-state index in [-0.39, 0.29) is 5.75 Å². The minimum Gasteiger partial charge on any atom is -0.441 e. The van der Waals surface area contributed by atoms with E-state index in [0.29, 0.717) is 31.2 Å². The van der Waals surface area contributed by atoms with Crippen molar-refractivity contribution in [2.45, 2.75) is 25.7 Å². The first-order valence-corrected chi connectivity index (χ1v) is 9.67. The third-order valence-corrected chi connectivity index (χ3v) is 5.55. The summed E-state index contributed by atoms with van der Waals surface area (Å²) in [6.45, 7) is 1.80. The van der Waals surface area contributed by atoms with Gasteiger partial charge in [0.05, 0.1) is 5.75 Å². The van der Waals surface area contributed by atoms with E-state index in [4.69, 9.17) is 9.15 Å². The number of ether oxygens (including phenoxy) is 1. The monoisotopic (exact) mass is 338 g/mol. The zero-order valence-electron chi connectivity index (χ0n) is 13.0. The number of para-hydroxylation sites is 2. The van der Waals surface area contributed by atoms with Crippen LogP contribution < -0.4 is 4.72 Å². The van der Waals surface area contributed by atoms with Gasteiger partial charge in [0.2, 0.25) is 10.0 Å². The van der Waals surface area contributed by atoms with E-state index >= 15 is 0 Å². The predicted octanol–water partition coefficient (Wildman–Crippen LogP) is 2.11. The highest BCUT2D eigenvalue weighted by molar-refractivity contribution is 7.89. The number of benzene rings is 1. The molecule has 0 saturated carbocycles. The summed E-state index contributed by atoms with van der Waals surface area (Å²) in [5.74, 6) is 1.18. The Morgan fingerprint density at radius 2 is 2.00 bits per heavy atom. The second-order valence-electron chi connectivity index (χ2n) is 5.88. The lowest BCUT2D eigenvalue weighted by molar-refractivity contribution is 0.0655. The van der Waals surface area contributed by atoms with Crippen LogP contribution in [0.1, 0.15) is 25.2 Å². The quantitative estimate of drug-likeness (QED) is 0.836. The van der Waals surface area contributed by atoms with Crippen LogP contribution in [0.25, 0.3) is 11.1 Å². The largest absolute Gasteiger partial charge is 0.441 e. The van der Waals surface area contributed by atoms with E-state index in [9.17, 15) is 8.42 Å². The van der Waals surface area contributed by atoms with Crippen molar-refractivity contribution in [2.75, 3.05) is 25.5 Å². The molecule has 0 spiro atoms. The normalized spacial score (nSPS) is 16.9. The van der Waals surface area contributed by atoms with Crippen LogP contribution in [0.4, 0.5) is 0 Å². The van der Waals surface area contributed by atoms with E-state index in [0.717, 1.165) is 37.2 Å². The van der Waals surface area contributed by atoms with Crippen molar-refractivity contribution >= 4 is 21.1 Å². The Morgan fingerprint density at radius 3 is 2.78 bits per heavy atom. The van der Waals surface area contributed by atoms with Gasteiger partial charge in [-0.1, -0.05) is 12.1 Å². The maximum atomic E-state index is 12.0. The standard InChI is InChI=1S/C16H22N2O4S/c19-23(20,12-8-13-6-10-21-11-7-13)17-9-5-16-18-14-3-1-2-4-15(14)22-16/h1-4,13,17H,5-12H2. The van der Waals surface area contributed by atoms with Crippen molar-refractivity contribution in [3.63, 3.8) is 0 Å². The minimum atomic E-state index is -3.24. The molecule has 1 aromatic heterocycles. The van der Waals surface area contributed by atoms with Crippen molar-refractivity contribution in [3.05, 3.63) is 30.2 Å². The number of nitrogens with zero attached hydrogens (tertiary/aromatic N) is 1. The summed E-state index contributed by atoms with van der Waals surface area (Å²) in [6.07, 6.45) is 3.06. The molecular weight excluding hydrogens is 316 g/mol. The van der Waals surface area contributed by atoms with E-state index < -0.39 is 10.0 Å². The number of hydrogen-bond acceptors (Lipinski definition) is 5. The molecule has 0 atom stereocenters.